The largest absolute Gasteiger partial charge is 1.00 e. The van der Waals surface area contributed by atoms with Gasteiger partial charge in [0.25, 0.3) is 0 Å². The molecule has 12 nitrogen and oxygen atoms in total. The first kappa shape index (κ1) is 40.9. The Morgan fingerprint density at radius 3 is 2.06 bits per heavy atom. The molecule has 0 unspecified atom stereocenters. The summed E-state index contributed by atoms with van der Waals surface area (Å²) < 4.78 is 24.4. The summed E-state index contributed by atoms with van der Waals surface area (Å²) in [5, 5.41) is 0. The van der Waals surface area contributed by atoms with Crippen LogP contribution in [0.1, 0.15) is 78.6 Å². The normalized spacial score (nSPS) is 36.3. The molecular weight excluding hydrogens is 731 g/mol. The quantitative estimate of drug-likeness (QED) is 0.0915. The molecule has 13 heteroatoms. The molecular formula is C35H61IN4O8. The van der Waals surface area contributed by atoms with Crippen molar-refractivity contribution in [3.05, 3.63) is 0 Å². The maximum absolute atomic E-state index is 12.9. The van der Waals surface area contributed by atoms with Crippen molar-refractivity contribution in [1.29, 1.82) is 0 Å². The number of hydrogen-bond donors (Lipinski definition) is 3. The van der Waals surface area contributed by atoms with Gasteiger partial charge in [0, 0.05) is 17.8 Å². The van der Waals surface area contributed by atoms with Crippen LogP contribution in [0.15, 0.2) is 0 Å². The van der Waals surface area contributed by atoms with Gasteiger partial charge in [-0.2, -0.15) is 0 Å². The molecule has 0 saturated heterocycles. The molecule has 11 atom stereocenters. The van der Waals surface area contributed by atoms with Gasteiger partial charge in [0.15, 0.2) is 0 Å². The van der Waals surface area contributed by atoms with Crippen molar-refractivity contribution in [2.45, 2.75) is 96.9 Å². The first-order valence-electron chi connectivity index (χ1n) is 17.7. The average Bonchev–Trinajstić information content (AvgIpc) is 3.38. The second kappa shape index (κ2) is 16.6. The van der Waals surface area contributed by atoms with Crippen LogP contribution in [-0.2, 0) is 38.1 Å². The molecule has 4 aliphatic rings. The SMILES string of the molecule is C[C@H](CCC(=O)OCC[N+](C)(C)C)[C@H]1CC[C@H]2[C@@H]3[C@H](OC(=O)CN)C[C@@H]4C[C@H](OC(=O)CN)CC[C@]4(C)[C@H]3C[C@H](OC(=O)CN)[C@]12C.[I-]. The molecule has 0 spiro atoms. The number of quaternary nitrogens is 1. The van der Waals surface area contributed by atoms with Crippen molar-refractivity contribution >= 4 is 23.9 Å². The van der Waals surface area contributed by atoms with Crippen LogP contribution in [0.25, 0.3) is 0 Å². The molecule has 276 valence electrons. The fourth-order valence-electron chi connectivity index (χ4n) is 10.2. The van der Waals surface area contributed by atoms with Gasteiger partial charge in [-0.3, -0.25) is 19.2 Å². The lowest BCUT2D eigenvalue weighted by atomic mass is 9.43. The molecule has 0 aromatic heterocycles. The highest BCUT2D eigenvalue weighted by atomic mass is 127. The van der Waals surface area contributed by atoms with Gasteiger partial charge in [0.05, 0.1) is 40.8 Å². The van der Waals surface area contributed by atoms with Crippen molar-refractivity contribution in [2.24, 2.45) is 63.5 Å². The Morgan fingerprint density at radius 2 is 1.44 bits per heavy atom. The lowest BCUT2D eigenvalue weighted by molar-refractivity contribution is -0.870. The lowest BCUT2D eigenvalue weighted by Gasteiger charge is -2.64. The molecule has 4 rings (SSSR count). The lowest BCUT2D eigenvalue weighted by Crippen LogP contribution is -3.00. The molecule has 6 N–H and O–H groups in total. The Labute approximate surface area is 303 Å². The van der Waals surface area contributed by atoms with E-state index in [4.69, 9.17) is 36.1 Å². The highest BCUT2D eigenvalue weighted by molar-refractivity contribution is 5.72. The monoisotopic (exact) mass is 792 g/mol. The van der Waals surface area contributed by atoms with Crippen LogP contribution in [0.4, 0.5) is 0 Å². The van der Waals surface area contributed by atoms with Crippen LogP contribution in [0, 0.1) is 46.3 Å². The van der Waals surface area contributed by atoms with Gasteiger partial charge >= 0.3 is 23.9 Å². The predicted octanol–water partition coefficient (Wildman–Crippen LogP) is -0.854. The summed E-state index contributed by atoms with van der Waals surface area (Å²) in [6.45, 7) is 7.33. The van der Waals surface area contributed by atoms with Crippen LogP contribution >= 0.6 is 0 Å². The summed E-state index contributed by atoms with van der Waals surface area (Å²) in [6, 6.07) is 0. The third-order valence-electron chi connectivity index (χ3n) is 12.6. The number of hydrogen-bond acceptors (Lipinski definition) is 11. The Balaban J connectivity index is 0.00000625. The number of ether oxygens (including phenoxy) is 4. The summed E-state index contributed by atoms with van der Waals surface area (Å²) in [7, 11) is 6.19. The molecule has 0 radical (unpaired) electrons. The molecule has 4 aliphatic carbocycles. The van der Waals surface area contributed by atoms with Crippen molar-refractivity contribution in [3.63, 3.8) is 0 Å². The Hall–Kier alpha value is -1.55. The molecule has 0 amide bonds. The van der Waals surface area contributed by atoms with E-state index in [0.717, 1.165) is 36.7 Å². The molecule has 4 fully saturated rings. The van der Waals surface area contributed by atoms with Crippen molar-refractivity contribution in [1.82, 2.24) is 0 Å². The zero-order valence-corrected chi connectivity index (χ0v) is 32.1. The van der Waals surface area contributed by atoms with E-state index in [2.05, 4.69) is 41.9 Å². The Bertz CT molecular complexity index is 1150. The van der Waals surface area contributed by atoms with Gasteiger partial charge in [0.2, 0.25) is 0 Å². The Kier molecular flexibility index (Phi) is 14.2. The number of rotatable bonds is 13. The zero-order chi connectivity index (χ0) is 34.7. The van der Waals surface area contributed by atoms with E-state index in [1.54, 1.807) is 0 Å². The van der Waals surface area contributed by atoms with Crippen LogP contribution in [0.2, 0.25) is 0 Å². The number of nitrogens with two attached hydrogens (primary N) is 3. The summed E-state index contributed by atoms with van der Waals surface area (Å²) in [4.78, 5) is 50.4. The summed E-state index contributed by atoms with van der Waals surface area (Å²) in [6.07, 6.45) is 5.44. The third kappa shape index (κ3) is 8.84. The number of carbonyl (C=O) groups excluding carboxylic acids is 4. The highest BCUT2D eigenvalue weighted by Crippen LogP contribution is 2.69. The third-order valence-corrected chi connectivity index (χ3v) is 12.6. The predicted molar refractivity (Wildman–Crippen MR) is 175 cm³/mol. The van der Waals surface area contributed by atoms with Gasteiger partial charge < -0.3 is 64.6 Å². The molecule has 0 aliphatic heterocycles. The minimum atomic E-state index is -0.427. The van der Waals surface area contributed by atoms with Gasteiger partial charge in [-0.1, -0.05) is 20.8 Å². The number of nitrogens with zero attached hydrogens (tertiary/aromatic N) is 1. The van der Waals surface area contributed by atoms with E-state index in [-0.39, 0.29) is 109 Å². The average molecular weight is 793 g/mol. The Morgan fingerprint density at radius 1 is 0.812 bits per heavy atom. The minimum Gasteiger partial charge on any atom is -1.00 e. The smallest absolute Gasteiger partial charge is 0.319 e. The van der Waals surface area contributed by atoms with E-state index < -0.39 is 23.3 Å². The minimum absolute atomic E-state index is 0. The molecule has 0 aromatic carbocycles. The van der Waals surface area contributed by atoms with E-state index in [1.165, 1.54) is 0 Å². The highest BCUT2D eigenvalue weighted by Gasteiger charge is 2.67. The van der Waals surface area contributed by atoms with Crippen LogP contribution in [0.3, 0.4) is 0 Å². The van der Waals surface area contributed by atoms with Crippen molar-refractivity contribution in [3.8, 4) is 0 Å². The maximum Gasteiger partial charge on any atom is 0.319 e. The standard InChI is InChI=1S/C35H61N4O8.HI/c1-21(7-10-29(40)44-14-13-39(4,5)6)24-8-9-25-33-26(17-28(35(24,25)3)47-32(43)20-38)34(2)12-11-23(45-30(41)18-36)15-22(34)16-27(33)46-31(42)19-37;/h21-28,33H,7-20,36-38H2,1-6H3;1H/q+1;/p-1/t21-,22+,23-,24-,25+,26+,27-,28+,33+,34+,35-;/m1./s1. The van der Waals surface area contributed by atoms with Gasteiger partial charge in [0.1, 0.15) is 31.5 Å². The molecule has 0 heterocycles. The molecule has 0 bridgehead atoms. The van der Waals surface area contributed by atoms with Crippen LogP contribution in [-0.4, -0.2) is 101 Å². The van der Waals surface area contributed by atoms with Crippen molar-refractivity contribution in [2.75, 3.05) is 53.9 Å². The molecule has 48 heavy (non-hydrogen) atoms. The zero-order valence-electron chi connectivity index (χ0n) is 29.9. The first-order chi connectivity index (χ1) is 22.1. The van der Waals surface area contributed by atoms with Gasteiger partial charge in [-0.15, -0.1) is 0 Å². The van der Waals surface area contributed by atoms with E-state index in [1.807, 2.05) is 0 Å². The molecule has 0 aromatic rings. The maximum atomic E-state index is 12.9. The second-order valence-corrected chi connectivity index (χ2v) is 16.3. The molecule has 4 saturated carbocycles. The van der Waals surface area contributed by atoms with Crippen LogP contribution < -0.4 is 41.2 Å². The second-order valence-electron chi connectivity index (χ2n) is 16.3. The number of halogens is 1. The van der Waals surface area contributed by atoms with E-state index in [9.17, 15) is 19.2 Å². The topological polar surface area (TPSA) is 183 Å². The fourth-order valence-corrected chi connectivity index (χ4v) is 10.2. The van der Waals surface area contributed by atoms with E-state index >= 15 is 0 Å². The summed E-state index contributed by atoms with van der Waals surface area (Å²) in [5.74, 6) is -0.649. The van der Waals surface area contributed by atoms with Crippen LogP contribution in [0.5, 0.6) is 0 Å². The van der Waals surface area contributed by atoms with Gasteiger partial charge in [-0.25, -0.2) is 0 Å². The number of carbonyl (C=O) groups is 4. The van der Waals surface area contributed by atoms with E-state index in [0.29, 0.717) is 38.7 Å². The van der Waals surface area contributed by atoms with Crippen molar-refractivity contribution < 1.29 is 66.6 Å². The summed E-state index contributed by atoms with van der Waals surface area (Å²) in [5.41, 5.74) is 16.5. The number of likely N-dealkylation sites (N-methyl/N-ethyl adjacent to an activating group) is 1. The fraction of sp³-hybridized carbons (Fsp3) is 0.886. The first-order valence-corrected chi connectivity index (χ1v) is 17.7. The number of fused-ring (bicyclic) bond motifs is 5. The van der Waals surface area contributed by atoms with Gasteiger partial charge in [-0.05, 0) is 86.4 Å². The number of esters is 4. The summed E-state index contributed by atoms with van der Waals surface area (Å²) >= 11 is 0.